The first-order valence-corrected chi connectivity index (χ1v) is 6.53. The Hall–Kier alpha value is -1.38. The number of imidazole rings is 1. The van der Waals surface area contributed by atoms with Gasteiger partial charge in [-0.15, -0.1) is 11.8 Å². The predicted molar refractivity (Wildman–Crippen MR) is 67.8 cm³/mol. The van der Waals surface area contributed by atoms with Gasteiger partial charge in [0.2, 0.25) is 0 Å². The van der Waals surface area contributed by atoms with Gasteiger partial charge in [-0.05, 0) is 0 Å². The van der Waals surface area contributed by atoms with Crippen LogP contribution in [-0.2, 0) is 0 Å². The Kier molecular flexibility index (Phi) is 2.65. The third-order valence-corrected chi connectivity index (χ3v) is 5.11. The van der Waals surface area contributed by atoms with Crippen LogP contribution in [0.15, 0.2) is 12.7 Å². The second-order valence-corrected chi connectivity index (χ2v) is 5.49. The molecular weight excluding hydrogens is 254 g/mol. The molecule has 0 saturated carbocycles. The Balaban J connectivity index is 2.08. The number of aliphatic hydroxyl groups is 2. The Morgan fingerprint density at radius 2 is 2.17 bits per heavy atom. The molecule has 2 aromatic heterocycles. The zero-order valence-electron chi connectivity index (χ0n) is 9.52. The van der Waals surface area contributed by atoms with Gasteiger partial charge in [0.05, 0.1) is 30.3 Å². The Labute approximate surface area is 107 Å². The second kappa shape index (κ2) is 4.08. The van der Waals surface area contributed by atoms with Crippen LogP contribution >= 0.6 is 11.8 Å². The maximum absolute atomic E-state index is 9.47. The molecule has 0 amide bonds. The molecule has 1 atom stereocenters. The molecule has 1 unspecified atom stereocenters. The Bertz CT molecular complexity index is 577. The molecule has 8 heteroatoms. The number of fused-ring (bicyclic) bond motifs is 1. The number of thioether (sulfide) groups is 1. The van der Waals surface area contributed by atoms with E-state index in [9.17, 15) is 10.2 Å². The fourth-order valence-electron chi connectivity index (χ4n) is 2.11. The van der Waals surface area contributed by atoms with Crippen LogP contribution in [0.5, 0.6) is 0 Å². The predicted octanol–water partition coefficient (Wildman–Crippen LogP) is -0.375. The van der Waals surface area contributed by atoms with Crippen molar-refractivity contribution >= 4 is 28.7 Å². The summed E-state index contributed by atoms with van der Waals surface area (Å²) in [4.78, 5) is 12.2. The summed E-state index contributed by atoms with van der Waals surface area (Å²) in [6, 6.07) is 0. The highest BCUT2D eigenvalue weighted by atomic mass is 32.2. The van der Waals surface area contributed by atoms with Crippen molar-refractivity contribution in [3.8, 4) is 0 Å². The lowest BCUT2D eigenvalue weighted by Crippen LogP contribution is -2.47. The van der Waals surface area contributed by atoms with Gasteiger partial charge >= 0.3 is 0 Å². The first-order chi connectivity index (χ1) is 8.72. The highest BCUT2D eigenvalue weighted by Crippen LogP contribution is 2.53. The summed E-state index contributed by atoms with van der Waals surface area (Å²) < 4.78 is 1.84. The average Bonchev–Trinajstić information content (AvgIpc) is 2.76. The number of anilines is 1. The van der Waals surface area contributed by atoms with Crippen LogP contribution in [0.4, 0.5) is 5.82 Å². The molecule has 3 rings (SSSR count). The van der Waals surface area contributed by atoms with E-state index in [0.29, 0.717) is 22.7 Å². The van der Waals surface area contributed by atoms with Gasteiger partial charge in [-0.1, -0.05) is 0 Å². The van der Waals surface area contributed by atoms with Gasteiger partial charge in [0.25, 0.3) is 0 Å². The van der Waals surface area contributed by atoms with Crippen LogP contribution in [0, 0.1) is 5.41 Å². The van der Waals surface area contributed by atoms with E-state index in [1.165, 1.54) is 6.33 Å². The summed E-state index contributed by atoms with van der Waals surface area (Å²) in [7, 11) is 0. The minimum Gasteiger partial charge on any atom is -0.396 e. The minimum atomic E-state index is -0.516. The maximum atomic E-state index is 9.47. The van der Waals surface area contributed by atoms with Crippen LogP contribution < -0.4 is 5.73 Å². The lowest BCUT2D eigenvalue weighted by molar-refractivity contribution is 0.0440. The standard InChI is InChI=1S/C10H13N5O2S/c11-7-6-8(13-4-12-7)15(5-14-6)9-10(1-16,2-17)3-18-9/h4-5,9,16-17H,1-3H2,(H2,11,12,13). The molecule has 0 aliphatic carbocycles. The molecule has 96 valence electrons. The lowest BCUT2D eigenvalue weighted by Gasteiger charge is -2.46. The van der Waals surface area contributed by atoms with Crippen molar-refractivity contribution in [2.24, 2.45) is 5.41 Å². The number of rotatable bonds is 3. The average molecular weight is 267 g/mol. The monoisotopic (exact) mass is 267 g/mol. The molecule has 1 aliphatic rings. The van der Waals surface area contributed by atoms with Gasteiger partial charge in [-0.25, -0.2) is 15.0 Å². The van der Waals surface area contributed by atoms with Crippen molar-refractivity contribution in [2.75, 3.05) is 24.7 Å². The van der Waals surface area contributed by atoms with Crippen molar-refractivity contribution in [3.63, 3.8) is 0 Å². The fraction of sp³-hybridized carbons (Fsp3) is 0.500. The molecule has 2 aromatic rings. The summed E-state index contributed by atoms with van der Waals surface area (Å²) >= 11 is 1.64. The van der Waals surface area contributed by atoms with Crippen LogP contribution in [0.3, 0.4) is 0 Å². The second-order valence-electron chi connectivity index (χ2n) is 4.42. The van der Waals surface area contributed by atoms with Gasteiger partial charge in [0.1, 0.15) is 11.8 Å². The number of nitrogens with zero attached hydrogens (tertiary/aromatic N) is 4. The fourth-order valence-corrected chi connectivity index (χ4v) is 3.54. The summed E-state index contributed by atoms with van der Waals surface area (Å²) in [6.07, 6.45) is 3.02. The summed E-state index contributed by atoms with van der Waals surface area (Å²) in [6.45, 7) is -0.136. The Morgan fingerprint density at radius 1 is 1.39 bits per heavy atom. The molecule has 18 heavy (non-hydrogen) atoms. The number of nitrogen functional groups attached to an aromatic ring is 1. The number of nitrogens with two attached hydrogens (primary N) is 1. The molecular formula is C10H13N5O2S. The first kappa shape index (κ1) is 11.7. The molecule has 4 N–H and O–H groups in total. The molecule has 0 bridgehead atoms. The number of aliphatic hydroxyl groups excluding tert-OH is 2. The van der Waals surface area contributed by atoms with Crippen LogP contribution in [0.25, 0.3) is 11.2 Å². The van der Waals surface area contributed by atoms with E-state index in [1.807, 2.05) is 4.57 Å². The van der Waals surface area contributed by atoms with Crippen LogP contribution in [0.1, 0.15) is 5.37 Å². The molecule has 0 radical (unpaired) electrons. The van der Waals surface area contributed by atoms with Crippen molar-refractivity contribution in [1.29, 1.82) is 0 Å². The van der Waals surface area contributed by atoms with E-state index >= 15 is 0 Å². The van der Waals surface area contributed by atoms with Gasteiger partial charge < -0.3 is 20.5 Å². The summed E-state index contributed by atoms with van der Waals surface area (Å²) in [5.74, 6) is 1.05. The van der Waals surface area contributed by atoms with E-state index in [0.717, 1.165) is 0 Å². The van der Waals surface area contributed by atoms with Crippen molar-refractivity contribution in [3.05, 3.63) is 12.7 Å². The quantitative estimate of drug-likeness (QED) is 0.695. The van der Waals surface area contributed by atoms with E-state index < -0.39 is 5.41 Å². The molecule has 1 saturated heterocycles. The smallest absolute Gasteiger partial charge is 0.166 e. The molecule has 0 aromatic carbocycles. The van der Waals surface area contributed by atoms with Crippen molar-refractivity contribution in [2.45, 2.75) is 5.37 Å². The van der Waals surface area contributed by atoms with Gasteiger partial charge in [0, 0.05) is 5.75 Å². The zero-order chi connectivity index (χ0) is 12.8. The first-order valence-electron chi connectivity index (χ1n) is 5.48. The minimum absolute atomic E-state index is 0.0680. The van der Waals surface area contributed by atoms with E-state index in [4.69, 9.17) is 5.73 Å². The third kappa shape index (κ3) is 1.43. The van der Waals surface area contributed by atoms with E-state index in [-0.39, 0.29) is 18.6 Å². The Morgan fingerprint density at radius 3 is 2.78 bits per heavy atom. The molecule has 1 fully saturated rings. The van der Waals surface area contributed by atoms with Crippen LogP contribution in [-0.4, -0.2) is 48.7 Å². The number of hydrogen-bond acceptors (Lipinski definition) is 7. The van der Waals surface area contributed by atoms with Gasteiger partial charge in [0.15, 0.2) is 11.5 Å². The summed E-state index contributed by atoms with van der Waals surface area (Å²) in [5, 5.41) is 18.9. The van der Waals surface area contributed by atoms with E-state index in [2.05, 4.69) is 15.0 Å². The van der Waals surface area contributed by atoms with E-state index in [1.54, 1.807) is 18.1 Å². The highest BCUT2D eigenvalue weighted by molar-refractivity contribution is 8.00. The topological polar surface area (TPSA) is 110 Å². The highest BCUT2D eigenvalue weighted by Gasteiger charge is 2.48. The molecule has 1 aliphatic heterocycles. The summed E-state index contributed by atoms with van der Waals surface area (Å²) in [5.41, 5.74) is 6.39. The molecule has 0 spiro atoms. The number of aromatic nitrogens is 4. The normalized spacial score (nSPS) is 22.0. The number of hydrogen-bond donors (Lipinski definition) is 3. The van der Waals surface area contributed by atoms with Gasteiger partial charge in [-0.2, -0.15) is 0 Å². The lowest BCUT2D eigenvalue weighted by atomic mass is 9.91. The maximum Gasteiger partial charge on any atom is 0.166 e. The molecule has 3 heterocycles. The SMILES string of the molecule is Nc1ncnc2c1ncn2C1SCC1(CO)CO. The zero-order valence-corrected chi connectivity index (χ0v) is 10.3. The van der Waals surface area contributed by atoms with Crippen molar-refractivity contribution in [1.82, 2.24) is 19.5 Å². The largest absolute Gasteiger partial charge is 0.396 e. The van der Waals surface area contributed by atoms with Gasteiger partial charge in [-0.3, -0.25) is 0 Å². The third-order valence-electron chi connectivity index (χ3n) is 3.32. The van der Waals surface area contributed by atoms with Crippen LogP contribution in [0.2, 0.25) is 0 Å². The van der Waals surface area contributed by atoms with Crippen molar-refractivity contribution < 1.29 is 10.2 Å². The molecule has 7 nitrogen and oxygen atoms in total.